The van der Waals surface area contributed by atoms with Crippen LogP contribution in [0.1, 0.15) is 331 Å². The first-order chi connectivity index (χ1) is 36.9. The average molecular weight is 1090 g/mol. The first-order valence-corrected chi connectivity index (χ1v) is 31.5. The van der Waals surface area contributed by atoms with E-state index in [9.17, 15) is 0 Å². The molecule has 0 saturated carbocycles. The largest absolute Gasteiger partial charge is 0.261 e. The van der Waals surface area contributed by atoms with Crippen LogP contribution < -0.4 is 0 Å². The summed E-state index contributed by atoms with van der Waals surface area (Å²) in [6.45, 7) is 56.4. The first-order valence-electron chi connectivity index (χ1n) is 31.5. The number of nitrogens with zero attached hydrogens (tertiary/aromatic N) is 8. The van der Waals surface area contributed by atoms with Crippen molar-refractivity contribution in [1.82, 2.24) is 39.9 Å². The van der Waals surface area contributed by atoms with Gasteiger partial charge >= 0.3 is 0 Å². The second-order valence-corrected chi connectivity index (χ2v) is 31.6. The molecule has 5 aliphatic carbocycles. The molecule has 0 aliphatic heterocycles. The highest BCUT2D eigenvalue weighted by atomic mass is 14.9. The van der Waals surface area contributed by atoms with Gasteiger partial charge in [-0.3, -0.25) is 9.97 Å². The van der Waals surface area contributed by atoms with Gasteiger partial charge in [-0.25, -0.2) is 29.9 Å². The minimum Gasteiger partial charge on any atom is -0.261 e. The number of hydrogen-bond donors (Lipinski definition) is 0. The predicted octanol–water partition coefficient (Wildman–Crippen LogP) is 19.1. The Hall–Kier alpha value is -4.46. The SMILES string of the molecule is CC(C)(C)c1ncc2c(n1)CCC2C(C)(C)C.CC(C)c1cc2c(cn1)C(C(C)C)CC2.CC(C)c1cnc2c(c1)CCC2C(C)(C)C.CC(C)c1ncc2c(n1)CC(C(C)(C)C)C2.CC(C)c1ncc2c(n1)CCC2C(C)(C)C. The number of fused-ring (bicyclic) bond motifs is 5. The molecule has 440 valence electrons. The van der Waals surface area contributed by atoms with E-state index in [2.05, 4.69) is 230 Å². The van der Waals surface area contributed by atoms with Crippen molar-refractivity contribution in [2.45, 2.75) is 290 Å². The molecule has 5 unspecified atom stereocenters. The summed E-state index contributed by atoms with van der Waals surface area (Å²) in [7, 11) is 0. The Morgan fingerprint density at radius 2 is 0.900 bits per heavy atom. The van der Waals surface area contributed by atoms with Gasteiger partial charge in [0.05, 0.1) is 0 Å². The van der Waals surface area contributed by atoms with Crippen LogP contribution in [0.25, 0.3) is 0 Å². The van der Waals surface area contributed by atoms with Gasteiger partial charge in [0.2, 0.25) is 0 Å². The Morgan fingerprint density at radius 1 is 0.400 bits per heavy atom. The van der Waals surface area contributed by atoms with E-state index in [1.807, 2.05) is 6.20 Å². The standard InChI is InChI=1S/C15H24N2.C15H23N.2C14H22N2.C14H21N/c1-14(2,3)11-7-8-12-10(11)9-16-13(17-12)15(4,5)6;1-10(2)12-8-11-6-7-13(15(3,4)5)14(11)16-9-12;1-9(2)13-15-8-10-6-11(14(3,4)5)7-12(10)16-13;1-9(2)13-15-8-10-11(14(3,4)5)6-7-12(10)16-13;1-9(2)12-6-5-11-7-14(10(3)4)15-8-13(11)12/h9,11H,7-8H2,1-6H3;8-10,13H,6-7H2,1-5H3;2*8-9,11H,6-7H2,1-5H3;7-10,12H,5-6H2,1-4H3. The molecule has 5 heterocycles. The van der Waals surface area contributed by atoms with Crippen LogP contribution >= 0.6 is 0 Å². The van der Waals surface area contributed by atoms with E-state index in [1.165, 1.54) is 100 Å². The van der Waals surface area contributed by atoms with Crippen molar-refractivity contribution in [1.29, 1.82) is 0 Å². The van der Waals surface area contributed by atoms with Crippen LogP contribution in [-0.2, 0) is 43.9 Å². The van der Waals surface area contributed by atoms with Gasteiger partial charge in [0.1, 0.15) is 17.5 Å². The van der Waals surface area contributed by atoms with Crippen LogP contribution in [0.3, 0.4) is 0 Å². The van der Waals surface area contributed by atoms with Gasteiger partial charge in [-0.15, -0.1) is 0 Å². The van der Waals surface area contributed by atoms with Crippen molar-refractivity contribution in [2.24, 2.45) is 33.5 Å². The smallest absolute Gasteiger partial charge is 0.133 e. The van der Waals surface area contributed by atoms with E-state index in [0.717, 1.165) is 60.9 Å². The second kappa shape index (κ2) is 25.6. The molecule has 0 radical (unpaired) electrons. The molecule has 5 aromatic rings. The fourth-order valence-corrected chi connectivity index (χ4v) is 12.6. The molecule has 80 heavy (non-hydrogen) atoms. The molecule has 0 bridgehead atoms. The number of pyridine rings is 2. The molecule has 0 amide bonds. The molecular formula is C72H112N8. The van der Waals surface area contributed by atoms with Crippen molar-refractivity contribution in [3.63, 3.8) is 0 Å². The van der Waals surface area contributed by atoms with E-state index in [4.69, 9.17) is 19.9 Å². The molecule has 5 aromatic heterocycles. The Labute approximate surface area is 489 Å². The summed E-state index contributed by atoms with van der Waals surface area (Å²) in [6.07, 6.45) is 22.4. The predicted molar refractivity (Wildman–Crippen MR) is 337 cm³/mol. The maximum Gasteiger partial charge on any atom is 0.133 e. The molecule has 0 fully saturated rings. The molecule has 0 saturated heterocycles. The molecule has 10 rings (SSSR count). The Balaban J connectivity index is 0.000000161. The van der Waals surface area contributed by atoms with E-state index >= 15 is 0 Å². The summed E-state index contributed by atoms with van der Waals surface area (Å²) >= 11 is 0. The van der Waals surface area contributed by atoms with Gasteiger partial charge in [0.25, 0.3) is 0 Å². The lowest BCUT2D eigenvalue weighted by molar-refractivity contribution is 0.250. The lowest BCUT2D eigenvalue weighted by Crippen LogP contribution is -2.20. The quantitative estimate of drug-likeness (QED) is 0.171. The molecule has 8 nitrogen and oxygen atoms in total. The molecule has 5 atom stereocenters. The topological polar surface area (TPSA) is 103 Å². The van der Waals surface area contributed by atoms with Gasteiger partial charge in [0, 0.05) is 82.6 Å². The number of aryl methyl sites for hydroxylation is 4. The summed E-state index contributed by atoms with van der Waals surface area (Å²) in [6, 6.07) is 4.70. The molecule has 5 aliphatic rings. The van der Waals surface area contributed by atoms with E-state index in [1.54, 1.807) is 5.56 Å². The van der Waals surface area contributed by atoms with Crippen LogP contribution in [-0.4, -0.2) is 39.9 Å². The van der Waals surface area contributed by atoms with Crippen LogP contribution in [0.15, 0.2) is 43.1 Å². The number of hydrogen-bond acceptors (Lipinski definition) is 8. The van der Waals surface area contributed by atoms with Crippen molar-refractivity contribution < 1.29 is 0 Å². The third-order valence-electron chi connectivity index (χ3n) is 18.1. The van der Waals surface area contributed by atoms with Crippen LogP contribution in [0.5, 0.6) is 0 Å². The summed E-state index contributed by atoms with van der Waals surface area (Å²) < 4.78 is 0. The fourth-order valence-electron chi connectivity index (χ4n) is 12.6. The maximum atomic E-state index is 4.78. The molecular weight excluding hydrogens is 977 g/mol. The van der Waals surface area contributed by atoms with Crippen LogP contribution in [0.4, 0.5) is 0 Å². The number of rotatable bonds is 5. The lowest BCUT2D eigenvalue weighted by Gasteiger charge is -2.27. The Kier molecular flexibility index (Phi) is 20.7. The first kappa shape index (κ1) is 64.7. The molecule has 0 aromatic carbocycles. The summed E-state index contributed by atoms with van der Waals surface area (Å²) in [4.78, 5) is 37.0. The van der Waals surface area contributed by atoms with Crippen molar-refractivity contribution in [3.8, 4) is 0 Å². The maximum absolute atomic E-state index is 4.78. The zero-order chi connectivity index (χ0) is 59.6. The Morgan fingerprint density at radius 3 is 1.40 bits per heavy atom. The van der Waals surface area contributed by atoms with Crippen molar-refractivity contribution in [2.75, 3.05) is 0 Å². The van der Waals surface area contributed by atoms with Gasteiger partial charge in [-0.05, 0) is 172 Å². The minimum atomic E-state index is 0.0504. The van der Waals surface area contributed by atoms with E-state index < -0.39 is 0 Å². The highest BCUT2D eigenvalue weighted by Gasteiger charge is 2.37. The zero-order valence-electron chi connectivity index (χ0n) is 55.5. The molecule has 0 spiro atoms. The third kappa shape index (κ3) is 16.2. The van der Waals surface area contributed by atoms with Crippen molar-refractivity contribution in [3.05, 3.63) is 128 Å². The molecule has 8 heteroatoms. The van der Waals surface area contributed by atoms with Gasteiger partial charge < -0.3 is 0 Å². The number of aromatic nitrogens is 8. The highest BCUT2D eigenvalue weighted by molar-refractivity contribution is 5.37. The zero-order valence-corrected chi connectivity index (χ0v) is 55.5. The highest BCUT2D eigenvalue weighted by Crippen LogP contribution is 2.47. The minimum absolute atomic E-state index is 0.0504. The normalized spacial score (nSPS) is 20.2. The lowest BCUT2D eigenvalue weighted by atomic mass is 9.78. The second-order valence-electron chi connectivity index (χ2n) is 31.6. The van der Waals surface area contributed by atoms with Gasteiger partial charge in [-0.2, -0.15) is 0 Å². The average Bonchev–Trinajstić information content (AvgIpc) is 4.32. The van der Waals surface area contributed by atoms with E-state index in [-0.39, 0.29) is 5.41 Å². The summed E-state index contributed by atoms with van der Waals surface area (Å²) in [5.74, 6) is 9.06. The molecule has 0 N–H and O–H groups in total. The summed E-state index contributed by atoms with van der Waals surface area (Å²) in [5.41, 5.74) is 17.9. The van der Waals surface area contributed by atoms with Gasteiger partial charge in [-0.1, -0.05) is 179 Å². The Bertz CT molecular complexity index is 2760. The summed E-state index contributed by atoms with van der Waals surface area (Å²) in [5, 5.41) is 0. The van der Waals surface area contributed by atoms with Crippen LogP contribution in [0, 0.1) is 33.5 Å². The monoisotopic (exact) mass is 1090 g/mol. The fraction of sp³-hybridized carbons (Fsp3) is 0.694. The van der Waals surface area contributed by atoms with Gasteiger partial charge in [0.15, 0.2) is 0 Å². The van der Waals surface area contributed by atoms with Crippen LogP contribution in [0.2, 0.25) is 0 Å². The third-order valence-corrected chi connectivity index (χ3v) is 18.1. The van der Waals surface area contributed by atoms with Crippen molar-refractivity contribution >= 4 is 0 Å². The van der Waals surface area contributed by atoms with E-state index in [0.29, 0.717) is 63.1 Å².